The molecule has 2 amide bonds. The van der Waals surface area contributed by atoms with Gasteiger partial charge in [0.25, 0.3) is 0 Å². The molecule has 2 aromatic carbocycles. The molecule has 0 aromatic heterocycles. The molecular formula is C17H18N2O5. The first-order chi connectivity index (χ1) is 11.7. The number of ether oxygens (including phenoxy) is 4. The lowest BCUT2D eigenvalue weighted by Gasteiger charge is -2.11. The zero-order valence-electron chi connectivity index (χ0n) is 13.4. The monoisotopic (exact) mass is 330 g/mol. The summed E-state index contributed by atoms with van der Waals surface area (Å²) in [5, 5.41) is 5.54. The van der Waals surface area contributed by atoms with E-state index < -0.39 is 0 Å². The quantitative estimate of drug-likeness (QED) is 0.881. The molecule has 7 nitrogen and oxygen atoms in total. The summed E-state index contributed by atoms with van der Waals surface area (Å²) in [7, 11) is 3.15. The fraction of sp³-hybridized carbons (Fsp3) is 0.235. The summed E-state index contributed by atoms with van der Waals surface area (Å²) >= 11 is 0. The molecule has 0 unspecified atom stereocenters. The Hall–Kier alpha value is -3.09. The fourth-order valence-corrected chi connectivity index (χ4v) is 2.32. The van der Waals surface area contributed by atoms with Gasteiger partial charge < -0.3 is 29.6 Å². The maximum absolute atomic E-state index is 12.0. The van der Waals surface area contributed by atoms with Gasteiger partial charge in [0.05, 0.1) is 14.2 Å². The van der Waals surface area contributed by atoms with Crippen molar-refractivity contribution >= 4 is 11.7 Å². The SMILES string of the molecule is COc1ccc(CNC(=O)Nc2ccc3c(c2)OCO3)cc1OC. The van der Waals surface area contributed by atoms with Crippen LogP contribution in [-0.4, -0.2) is 27.0 Å². The largest absolute Gasteiger partial charge is 0.493 e. The number of nitrogens with one attached hydrogen (secondary N) is 2. The van der Waals surface area contributed by atoms with Crippen molar-refractivity contribution < 1.29 is 23.7 Å². The average molecular weight is 330 g/mol. The lowest BCUT2D eigenvalue weighted by Crippen LogP contribution is -2.28. The van der Waals surface area contributed by atoms with Crippen LogP contribution in [0.5, 0.6) is 23.0 Å². The smallest absolute Gasteiger partial charge is 0.319 e. The number of hydrogen-bond donors (Lipinski definition) is 2. The Morgan fingerprint density at radius 1 is 1.04 bits per heavy atom. The highest BCUT2D eigenvalue weighted by Crippen LogP contribution is 2.34. The molecule has 2 aromatic rings. The van der Waals surface area contributed by atoms with Crippen molar-refractivity contribution in [3.05, 3.63) is 42.0 Å². The lowest BCUT2D eigenvalue weighted by atomic mass is 10.2. The van der Waals surface area contributed by atoms with E-state index in [4.69, 9.17) is 18.9 Å². The van der Waals surface area contributed by atoms with Gasteiger partial charge in [-0.05, 0) is 29.8 Å². The number of amides is 2. The zero-order chi connectivity index (χ0) is 16.9. The highest BCUT2D eigenvalue weighted by molar-refractivity contribution is 5.89. The Kier molecular flexibility index (Phi) is 4.60. The number of benzene rings is 2. The summed E-state index contributed by atoms with van der Waals surface area (Å²) in [5.41, 5.74) is 1.53. The van der Waals surface area contributed by atoms with Gasteiger partial charge in [-0.3, -0.25) is 0 Å². The minimum atomic E-state index is -0.316. The van der Waals surface area contributed by atoms with Crippen LogP contribution < -0.4 is 29.6 Å². The molecule has 0 saturated heterocycles. The van der Waals surface area contributed by atoms with E-state index in [1.165, 1.54) is 0 Å². The van der Waals surface area contributed by atoms with Gasteiger partial charge in [0.2, 0.25) is 6.79 Å². The van der Waals surface area contributed by atoms with Crippen molar-refractivity contribution in [2.45, 2.75) is 6.54 Å². The summed E-state index contributed by atoms with van der Waals surface area (Å²) in [6.45, 7) is 0.557. The van der Waals surface area contributed by atoms with Gasteiger partial charge in [0.1, 0.15) is 0 Å². The molecule has 7 heteroatoms. The second kappa shape index (κ2) is 6.99. The Morgan fingerprint density at radius 2 is 1.83 bits per heavy atom. The van der Waals surface area contributed by atoms with Gasteiger partial charge in [-0.1, -0.05) is 6.07 Å². The number of fused-ring (bicyclic) bond motifs is 1. The highest BCUT2D eigenvalue weighted by atomic mass is 16.7. The minimum Gasteiger partial charge on any atom is -0.493 e. The average Bonchev–Trinajstić information content (AvgIpc) is 3.07. The van der Waals surface area contributed by atoms with Crippen LogP contribution in [0.25, 0.3) is 0 Å². The van der Waals surface area contributed by atoms with E-state index in [0.29, 0.717) is 35.2 Å². The third-order valence-electron chi connectivity index (χ3n) is 3.53. The fourth-order valence-electron chi connectivity index (χ4n) is 2.32. The van der Waals surface area contributed by atoms with Gasteiger partial charge in [0, 0.05) is 18.3 Å². The number of anilines is 1. The highest BCUT2D eigenvalue weighted by Gasteiger charge is 2.14. The van der Waals surface area contributed by atoms with Gasteiger partial charge in [-0.2, -0.15) is 0 Å². The number of carbonyl (C=O) groups is 1. The number of hydrogen-bond acceptors (Lipinski definition) is 5. The van der Waals surface area contributed by atoms with E-state index in [9.17, 15) is 4.79 Å². The standard InChI is InChI=1S/C17H18N2O5/c1-21-13-5-3-11(7-15(13)22-2)9-18-17(20)19-12-4-6-14-16(8-12)24-10-23-14/h3-8H,9-10H2,1-2H3,(H2,18,19,20). The predicted octanol–water partition coefficient (Wildman–Crippen LogP) is 2.75. The van der Waals surface area contributed by atoms with Crippen molar-refractivity contribution in [2.24, 2.45) is 0 Å². The Labute approximate surface area is 139 Å². The molecule has 0 saturated carbocycles. The summed E-state index contributed by atoms with van der Waals surface area (Å²) in [4.78, 5) is 12.0. The number of urea groups is 1. The van der Waals surface area contributed by atoms with Gasteiger partial charge in [0.15, 0.2) is 23.0 Å². The van der Waals surface area contributed by atoms with Crippen molar-refractivity contribution in [2.75, 3.05) is 26.3 Å². The van der Waals surface area contributed by atoms with E-state index in [1.54, 1.807) is 38.5 Å². The molecule has 0 aliphatic carbocycles. The van der Waals surface area contributed by atoms with Crippen molar-refractivity contribution in [3.63, 3.8) is 0 Å². The summed E-state index contributed by atoms with van der Waals surface area (Å²) in [5.74, 6) is 2.55. The van der Waals surface area contributed by atoms with Crippen LogP contribution in [-0.2, 0) is 6.54 Å². The van der Waals surface area contributed by atoms with Crippen LogP contribution in [0.4, 0.5) is 10.5 Å². The molecule has 24 heavy (non-hydrogen) atoms. The molecule has 1 heterocycles. The molecule has 3 rings (SSSR count). The van der Waals surface area contributed by atoms with E-state index in [-0.39, 0.29) is 12.8 Å². The Balaban J connectivity index is 1.57. The third-order valence-corrected chi connectivity index (χ3v) is 3.53. The van der Waals surface area contributed by atoms with Crippen LogP contribution in [0.1, 0.15) is 5.56 Å². The molecular weight excluding hydrogens is 312 g/mol. The van der Waals surface area contributed by atoms with Crippen molar-refractivity contribution in [1.82, 2.24) is 5.32 Å². The molecule has 0 radical (unpaired) electrons. The van der Waals surface area contributed by atoms with E-state index in [1.807, 2.05) is 12.1 Å². The Morgan fingerprint density at radius 3 is 2.62 bits per heavy atom. The maximum Gasteiger partial charge on any atom is 0.319 e. The van der Waals surface area contributed by atoms with Gasteiger partial charge in [-0.25, -0.2) is 4.79 Å². The van der Waals surface area contributed by atoms with E-state index >= 15 is 0 Å². The third kappa shape index (κ3) is 3.45. The number of methoxy groups -OCH3 is 2. The van der Waals surface area contributed by atoms with E-state index in [0.717, 1.165) is 5.56 Å². The van der Waals surface area contributed by atoms with Crippen LogP contribution in [0, 0.1) is 0 Å². The summed E-state index contributed by atoms with van der Waals surface area (Å²) in [6, 6.07) is 10.4. The van der Waals surface area contributed by atoms with Crippen LogP contribution >= 0.6 is 0 Å². The minimum absolute atomic E-state index is 0.199. The summed E-state index contributed by atoms with van der Waals surface area (Å²) < 4.78 is 20.9. The van der Waals surface area contributed by atoms with Crippen molar-refractivity contribution in [1.29, 1.82) is 0 Å². The van der Waals surface area contributed by atoms with E-state index in [2.05, 4.69) is 10.6 Å². The molecule has 1 aliphatic rings. The molecule has 0 atom stereocenters. The van der Waals surface area contributed by atoms with Crippen LogP contribution in [0.3, 0.4) is 0 Å². The van der Waals surface area contributed by atoms with Gasteiger partial charge in [-0.15, -0.1) is 0 Å². The zero-order valence-corrected chi connectivity index (χ0v) is 13.4. The topological polar surface area (TPSA) is 78.1 Å². The molecule has 0 bridgehead atoms. The molecule has 1 aliphatic heterocycles. The molecule has 0 spiro atoms. The second-order valence-corrected chi connectivity index (χ2v) is 5.07. The first kappa shape index (κ1) is 15.8. The van der Waals surface area contributed by atoms with Crippen LogP contribution in [0.15, 0.2) is 36.4 Å². The lowest BCUT2D eigenvalue weighted by molar-refractivity contribution is 0.174. The normalized spacial score (nSPS) is 11.8. The maximum atomic E-state index is 12.0. The first-order valence-electron chi connectivity index (χ1n) is 7.35. The Bertz CT molecular complexity index is 748. The van der Waals surface area contributed by atoms with Crippen LogP contribution in [0.2, 0.25) is 0 Å². The summed E-state index contributed by atoms with van der Waals surface area (Å²) in [6.07, 6.45) is 0. The second-order valence-electron chi connectivity index (χ2n) is 5.07. The van der Waals surface area contributed by atoms with Gasteiger partial charge >= 0.3 is 6.03 Å². The number of carbonyl (C=O) groups excluding carboxylic acids is 1. The predicted molar refractivity (Wildman–Crippen MR) is 88.0 cm³/mol. The van der Waals surface area contributed by atoms with Crippen molar-refractivity contribution in [3.8, 4) is 23.0 Å². The molecule has 0 fully saturated rings. The first-order valence-corrected chi connectivity index (χ1v) is 7.35. The molecule has 126 valence electrons. The molecule has 2 N–H and O–H groups in total. The number of rotatable bonds is 5.